The Morgan fingerprint density at radius 1 is 0.500 bits per heavy atom. The molecule has 0 unspecified atom stereocenters. The zero-order valence-electron chi connectivity index (χ0n) is 20.1. The van der Waals surface area contributed by atoms with Crippen molar-refractivity contribution in [2.75, 3.05) is 0 Å². The van der Waals surface area contributed by atoms with Crippen LogP contribution in [0.2, 0.25) is 0 Å². The SMILES string of the molecule is C=CC1CCC(/C=C/C2CCC(C3CCC(C4CCC(CC)CC4)CC3)CC2)CC1. The van der Waals surface area contributed by atoms with Crippen LogP contribution in [0.25, 0.3) is 0 Å². The Morgan fingerprint density at radius 2 is 0.833 bits per heavy atom. The fourth-order valence-electron chi connectivity index (χ4n) is 7.85. The number of hydrogen-bond acceptors (Lipinski definition) is 0. The molecular weight excluding hydrogens is 360 g/mol. The molecule has 0 nitrogen and oxygen atoms in total. The largest absolute Gasteiger partial charge is 0.103 e. The van der Waals surface area contributed by atoms with Gasteiger partial charge in [-0.15, -0.1) is 6.58 Å². The molecule has 0 heteroatoms. The predicted molar refractivity (Wildman–Crippen MR) is 131 cm³/mol. The lowest BCUT2D eigenvalue weighted by Crippen LogP contribution is -2.29. The third kappa shape index (κ3) is 6.04. The summed E-state index contributed by atoms with van der Waals surface area (Å²) < 4.78 is 0. The molecule has 0 bridgehead atoms. The van der Waals surface area contributed by atoms with Crippen LogP contribution in [0.1, 0.15) is 116 Å². The third-order valence-corrected chi connectivity index (χ3v) is 10.2. The van der Waals surface area contributed by atoms with Crippen molar-refractivity contribution in [1.29, 1.82) is 0 Å². The van der Waals surface area contributed by atoms with E-state index in [4.69, 9.17) is 0 Å². The van der Waals surface area contributed by atoms with E-state index >= 15 is 0 Å². The quantitative estimate of drug-likeness (QED) is 0.382. The van der Waals surface area contributed by atoms with Gasteiger partial charge >= 0.3 is 0 Å². The minimum Gasteiger partial charge on any atom is -0.103 e. The second-order valence-electron chi connectivity index (χ2n) is 11.8. The highest BCUT2D eigenvalue weighted by molar-refractivity contribution is 4.98. The highest BCUT2D eigenvalue weighted by Crippen LogP contribution is 2.46. The molecule has 0 amide bonds. The second-order valence-corrected chi connectivity index (χ2v) is 11.8. The van der Waals surface area contributed by atoms with Crippen LogP contribution in [0.4, 0.5) is 0 Å². The Bertz CT molecular complexity index is 512. The average molecular weight is 411 g/mol. The van der Waals surface area contributed by atoms with E-state index in [1.54, 1.807) is 38.5 Å². The maximum absolute atomic E-state index is 3.99. The van der Waals surface area contributed by atoms with Crippen molar-refractivity contribution in [1.82, 2.24) is 0 Å². The fraction of sp³-hybridized carbons (Fsp3) is 0.867. The first kappa shape index (κ1) is 22.7. The van der Waals surface area contributed by atoms with Crippen LogP contribution in [-0.2, 0) is 0 Å². The summed E-state index contributed by atoms with van der Waals surface area (Å²) in [4.78, 5) is 0. The molecule has 4 fully saturated rings. The summed E-state index contributed by atoms with van der Waals surface area (Å²) in [7, 11) is 0. The van der Waals surface area contributed by atoms with E-state index in [2.05, 4.69) is 31.7 Å². The third-order valence-electron chi connectivity index (χ3n) is 10.2. The Kier molecular flexibility index (Phi) is 8.60. The molecule has 0 aromatic carbocycles. The van der Waals surface area contributed by atoms with Crippen molar-refractivity contribution in [3.63, 3.8) is 0 Å². The molecular formula is C30H50. The van der Waals surface area contributed by atoms with Gasteiger partial charge in [0.2, 0.25) is 0 Å². The van der Waals surface area contributed by atoms with Gasteiger partial charge in [-0.3, -0.25) is 0 Å². The van der Waals surface area contributed by atoms with Gasteiger partial charge in [-0.1, -0.05) is 44.4 Å². The van der Waals surface area contributed by atoms with Crippen LogP contribution in [-0.4, -0.2) is 0 Å². The molecule has 4 aliphatic carbocycles. The number of hydrogen-bond donors (Lipinski definition) is 0. The summed E-state index contributed by atoms with van der Waals surface area (Å²) in [6.07, 6.45) is 32.8. The number of allylic oxidation sites excluding steroid dienone is 3. The zero-order chi connectivity index (χ0) is 20.8. The van der Waals surface area contributed by atoms with Gasteiger partial charge in [-0.25, -0.2) is 0 Å². The van der Waals surface area contributed by atoms with Gasteiger partial charge < -0.3 is 0 Å². The van der Waals surface area contributed by atoms with Crippen LogP contribution >= 0.6 is 0 Å². The minimum atomic E-state index is 0.798. The van der Waals surface area contributed by atoms with Crippen molar-refractivity contribution in [3.05, 3.63) is 24.8 Å². The predicted octanol–water partition coefficient (Wildman–Crippen LogP) is 9.36. The van der Waals surface area contributed by atoms with Crippen molar-refractivity contribution in [2.45, 2.75) is 116 Å². The standard InChI is InChI=1S/C30H50/c1-3-23-5-7-25(8-6-23)9-10-26-13-17-28(18-14-26)30-21-19-29(20-22-30)27-15-11-24(4-2)12-16-27/h3,9-10,23-30H,1,4-8,11-22H2,2H3/b10-9+. The Balaban J connectivity index is 1.13. The maximum atomic E-state index is 3.99. The first-order valence-electron chi connectivity index (χ1n) is 14.1. The van der Waals surface area contributed by atoms with Gasteiger partial charge in [-0.05, 0) is 137 Å². The van der Waals surface area contributed by atoms with Crippen molar-refractivity contribution in [2.24, 2.45) is 47.3 Å². The van der Waals surface area contributed by atoms with Gasteiger partial charge in [0, 0.05) is 0 Å². The van der Waals surface area contributed by atoms with E-state index in [-0.39, 0.29) is 0 Å². The highest BCUT2D eigenvalue weighted by Gasteiger charge is 2.34. The lowest BCUT2D eigenvalue weighted by molar-refractivity contribution is 0.108. The summed E-state index contributed by atoms with van der Waals surface area (Å²) >= 11 is 0. The van der Waals surface area contributed by atoms with Gasteiger partial charge in [-0.2, -0.15) is 0 Å². The monoisotopic (exact) mass is 410 g/mol. The van der Waals surface area contributed by atoms with Crippen LogP contribution in [0.15, 0.2) is 24.8 Å². The van der Waals surface area contributed by atoms with E-state index in [0.29, 0.717) is 0 Å². The molecule has 4 rings (SSSR count). The topological polar surface area (TPSA) is 0 Å². The van der Waals surface area contributed by atoms with E-state index in [0.717, 1.165) is 47.3 Å². The maximum Gasteiger partial charge on any atom is -0.0233 e. The molecule has 0 aromatic heterocycles. The lowest BCUT2D eigenvalue weighted by Gasteiger charge is -2.41. The molecule has 0 saturated heterocycles. The first-order valence-corrected chi connectivity index (χ1v) is 14.1. The molecule has 0 spiro atoms. The molecule has 0 N–H and O–H groups in total. The van der Waals surface area contributed by atoms with Gasteiger partial charge in [0.05, 0.1) is 0 Å². The molecule has 0 aromatic rings. The summed E-state index contributed by atoms with van der Waals surface area (Å²) in [6.45, 7) is 6.39. The molecule has 30 heavy (non-hydrogen) atoms. The first-order chi connectivity index (χ1) is 14.7. The molecule has 0 radical (unpaired) electrons. The molecule has 4 saturated carbocycles. The Hall–Kier alpha value is -0.520. The molecule has 0 aliphatic heterocycles. The zero-order valence-corrected chi connectivity index (χ0v) is 20.1. The van der Waals surface area contributed by atoms with E-state index in [9.17, 15) is 0 Å². The summed E-state index contributed by atoms with van der Waals surface area (Å²) in [5, 5.41) is 0. The molecule has 170 valence electrons. The summed E-state index contributed by atoms with van der Waals surface area (Å²) in [6, 6.07) is 0. The smallest absolute Gasteiger partial charge is 0.0233 e. The van der Waals surface area contributed by atoms with Crippen molar-refractivity contribution in [3.8, 4) is 0 Å². The average Bonchev–Trinajstić information content (AvgIpc) is 2.83. The van der Waals surface area contributed by atoms with Crippen LogP contribution < -0.4 is 0 Å². The number of rotatable bonds is 6. The molecule has 4 aliphatic rings. The van der Waals surface area contributed by atoms with Gasteiger partial charge in [0.25, 0.3) is 0 Å². The van der Waals surface area contributed by atoms with Crippen LogP contribution in [0.5, 0.6) is 0 Å². The van der Waals surface area contributed by atoms with Crippen molar-refractivity contribution >= 4 is 0 Å². The molecule has 0 atom stereocenters. The highest BCUT2D eigenvalue weighted by atomic mass is 14.4. The van der Waals surface area contributed by atoms with Crippen molar-refractivity contribution < 1.29 is 0 Å². The van der Waals surface area contributed by atoms with E-state index in [1.807, 2.05) is 0 Å². The Labute approximate surface area is 188 Å². The summed E-state index contributed by atoms with van der Waals surface area (Å²) in [5.41, 5.74) is 0. The van der Waals surface area contributed by atoms with E-state index < -0.39 is 0 Å². The van der Waals surface area contributed by atoms with Crippen LogP contribution in [0.3, 0.4) is 0 Å². The summed E-state index contributed by atoms with van der Waals surface area (Å²) in [5.74, 6) is 7.94. The van der Waals surface area contributed by atoms with Gasteiger partial charge in [0.15, 0.2) is 0 Å². The Morgan fingerprint density at radius 3 is 1.23 bits per heavy atom. The minimum absolute atomic E-state index is 0.798. The van der Waals surface area contributed by atoms with Crippen LogP contribution in [0, 0.1) is 47.3 Å². The van der Waals surface area contributed by atoms with E-state index in [1.165, 1.54) is 70.6 Å². The van der Waals surface area contributed by atoms with Gasteiger partial charge in [0.1, 0.15) is 0 Å². The second kappa shape index (κ2) is 11.4. The normalized spacial score (nSPS) is 43.5. The lowest BCUT2D eigenvalue weighted by atomic mass is 9.65. The molecule has 0 heterocycles. The fourth-order valence-corrected chi connectivity index (χ4v) is 7.85.